The second-order valence-corrected chi connectivity index (χ2v) is 8.72. The molecule has 1 aliphatic heterocycles. The molecule has 2 heterocycles. The second-order valence-electron chi connectivity index (χ2n) is 6.78. The predicted molar refractivity (Wildman–Crippen MR) is 106 cm³/mol. The number of amides is 1. The van der Waals surface area contributed by atoms with Crippen LogP contribution >= 0.6 is 0 Å². The van der Waals surface area contributed by atoms with Crippen molar-refractivity contribution in [3.8, 4) is 5.69 Å². The van der Waals surface area contributed by atoms with E-state index in [1.54, 1.807) is 12.1 Å². The Hall–Kier alpha value is -3.11. The molecule has 0 saturated carbocycles. The van der Waals surface area contributed by atoms with E-state index in [0.29, 0.717) is 18.8 Å². The molecule has 0 atom stereocenters. The van der Waals surface area contributed by atoms with Crippen molar-refractivity contribution >= 4 is 21.6 Å². The van der Waals surface area contributed by atoms with Gasteiger partial charge in [-0.05, 0) is 65.2 Å². The largest absolute Gasteiger partial charge is 0.326 e. The first kappa shape index (κ1) is 19.2. The average molecular weight is 412 g/mol. The van der Waals surface area contributed by atoms with Crippen LogP contribution in [0.2, 0.25) is 0 Å². The van der Waals surface area contributed by atoms with Gasteiger partial charge in [0.05, 0.1) is 17.0 Å². The summed E-state index contributed by atoms with van der Waals surface area (Å²) in [5.41, 5.74) is 2.20. The highest BCUT2D eigenvalue weighted by molar-refractivity contribution is 7.89. The SMILES string of the molecule is O=C(Cc1ccc(-n2cnnn2)cc1)Nc1ccc(S(=O)(=O)N2CCCC2)cc1. The molecule has 3 aromatic rings. The Kier molecular flexibility index (Phi) is 5.36. The third kappa shape index (κ3) is 4.33. The smallest absolute Gasteiger partial charge is 0.243 e. The minimum atomic E-state index is -3.45. The maximum absolute atomic E-state index is 12.5. The zero-order valence-corrected chi connectivity index (χ0v) is 16.4. The summed E-state index contributed by atoms with van der Waals surface area (Å²) in [4.78, 5) is 12.6. The molecular formula is C19H20N6O3S. The molecule has 1 N–H and O–H groups in total. The molecular weight excluding hydrogens is 392 g/mol. The number of hydrogen-bond donors (Lipinski definition) is 1. The van der Waals surface area contributed by atoms with E-state index in [4.69, 9.17) is 0 Å². The first-order chi connectivity index (χ1) is 14.0. The second kappa shape index (κ2) is 8.10. The number of rotatable bonds is 6. The van der Waals surface area contributed by atoms with E-state index in [1.807, 2.05) is 24.3 Å². The van der Waals surface area contributed by atoms with Crippen LogP contribution in [0.15, 0.2) is 59.8 Å². The number of aromatic nitrogens is 4. The number of anilines is 1. The normalized spacial score (nSPS) is 14.8. The fraction of sp³-hybridized carbons (Fsp3) is 0.263. The minimum absolute atomic E-state index is 0.185. The number of carbonyl (C=O) groups excluding carboxylic acids is 1. The van der Waals surface area contributed by atoms with Gasteiger partial charge in [0.25, 0.3) is 0 Å². The van der Waals surface area contributed by atoms with Crippen molar-refractivity contribution in [2.75, 3.05) is 18.4 Å². The Morgan fingerprint density at radius 3 is 2.31 bits per heavy atom. The lowest BCUT2D eigenvalue weighted by molar-refractivity contribution is -0.115. The van der Waals surface area contributed by atoms with Gasteiger partial charge in [-0.15, -0.1) is 5.10 Å². The van der Waals surface area contributed by atoms with Gasteiger partial charge in [0.2, 0.25) is 15.9 Å². The van der Waals surface area contributed by atoms with Crippen LogP contribution in [0.5, 0.6) is 0 Å². The molecule has 0 radical (unpaired) electrons. The summed E-state index contributed by atoms with van der Waals surface area (Å²) in [6, 6.07) is 13.6. The summed E-state index contributed by atoms with van der Waals surface area (Å²) in [5, 5.41) is 13.8. The van der Waals surface area contributed by atoms with Crippen LogP contribution in [-0.2, 0) is 21.2 Å². The van der Waals surface area contributed by atoms with Gasteiger partial charge in [0.1, 0.15) is 6.33 Å². The molecule has 1 saturated heterocycles. The highest BCUT2D eigenvalue weighted by atomic mass is 32.2. The Bertz CT molecular complexity index is 1070. The molecule has 0 spiro atoms. The van der Waals surface area contributed by atoms with Crippen LogP contribution < -0.4 is 5.32 Å². The Labute approximate surface area is 168 Å². The van der Waals surface area contributed by atoms with Crippen LogP contribution in [0.4, 0.5) is 5.69 Å². The third-order valence-corrected chi connectivity index (χ3v) is 6.67. The molecule has 9 nitrogen and oxygen atoms in total. The van der Waals surface area contributed by atoms with Gasteiger partial charge in [0.15, 0.2) is 0 Å². The number of sulfonamides is 1. The molecule has 1 amide bonds. The molecule has 1 fully saturated rings. The van der Waals surface area contributed by atoms with Crippen molar-refractivity contribution in [1.29, 1.82) is 0 Å². The zero-order valence-electron chi connectivity index (χ0n) is 15.6. The number of nitrogens with zero attached hydrogens (tertiary/aromatic N) is 5. The van der Waals surface area contributed by atoms with Crippen molar-refractivity contribution in [2.24, 2.45) is 0 Å². The Balaban J connectivity index is 1.37. The van der Waals surface area contributed by atoms with Crippen LogP contribution in [0.25, 0.3) is 5.69 Å². The summed E-state index contributed by atoms with van der Waals surface area (Å²) in [7, 11) is -3.45. The number of tetrazole rings is 1. The Morgan fingerprint density at radius 2 is 1.69 bits per heavy atom. The fourth-order valence-corrected chi connectivity index (χ4v) is 4.74. The maximum Gasteiger partial charge on any atom is 0.243 e. The topological polar surface area (TPSA) is 110 Å². The highest BCUT2D eigenvalue weighted by Gasteiger charge is 2.26. The number of hydrogen-bond acceptors (Lipinski definition) is 6. The molecule has 0 aliphatic carbocycles. The molecule has 1 aromatic heterocycles. The third-order valence-electron chi connectivity index (χ3n) is 4.76. The van der Waals surface area contributed by atoms with Crippen molar-refractivity contribution in [1.82, 2.24) is 24.5 Å². The van der Waals surface area contributed by atoms with E-state index in [-0.39, 0.29) is 17.2 Å². The molecule has 0 unspecified atom stereocenters. The van der Waals surface area contributed by atoms with E-state index < -0.39 is 10.0 Å². The lowest BCUT2D eigenvalue weighted by Crippen LogP contribution is -2.27. The summed E-state index contributed by atoms with van der Waals surface area (Å²) < 4.78 is 28.1. The van der Waals surface area contributed by atoms with Crippen molar-refractivity contribution in [3.63, 3.8) is 0 Å². The van der Waals surface area contributed by atoms with Gasteiger partial charge < -0.3 is 5.32 Å². The van der Waals surface area contributed by atoms with E-state index in [2.05, 4.69) is 20.8 Å². The quantitative estimate of drug-likeness (QED) is 0.659. The first-order valence-corrected chi connectivity index (χ1v) is 10.7. The van der Waals surface area contributed by atoms with Crippen molar-refractivity contribution in [2.45, 2.75) is 24.2 Å². The number of carbonyl (C=O) groups is 1. The molecule has 0 bridgehead atoms. The lowest BCUT2D eigenvalue weighted by Gasteiger charge is -2.15. The van der Waals surface area contributed by atoms with E-state index in [1.165, 1.54) is 27.4 Å². The summed E-state index contributed by atoms with van der Waals surface area (Å²) >= 11 is 0. The van der Waals surface area contributed by atoms with E-state index in [0.717, 1.165) is 24.1 Å². The summed E-state index contributed by atoms with van der Waals surface area (Å²) in [5.74, 6) is -0.185. The van der Waals surface area contributed by atoms with Crippen molar-refractivity contribution < 1.29 is 13.2 Å². The number of benzene rings is 2. The van der Waals surface area contributed by atoms with Gasteiger partial charge in [-0.3, -0.25) is 4.79 Å². The summed E-state index contributed by atoms with van der Waals surface area (Å²) in [6.07, 6.45) is 3.48. The monoisotopic (exact) mass is 412 g/mol. The van der Waals surface area contributed by atoms with Crippen LogP contribution in [0, 0.1) is 0 Å². The van der Waals surface area contributed by atoms with Gasteiger partial charge >= 0.3 is 0 Å². The molecule has 4 rings (SSSR count). The molecule has 2 aromatic carbocycles. The molecule has 29 heavy (non-hydrogen) atoms. The zero-order chi connectivity index (χ0) is 20.3. The van der Waals surface area contributed by atoms with Crippen LogP contribution in [0.3, 0.4) is 0 Å². The number of nitrogens with one attached hydrogen (secondary N) is 1. The van der Waals surface area contributed by atoms with Crippen LogP contribution in [0.1, 0.15) is 18.4 Å². The van der Waals surface area contributed by atoms with Crippen LogP contribution in [-0.4, -0.2) is 51.9 Å². The maximum atomic E-state index is 12.5. The Morgan fingerprint density at radius 1 is 1.00 bits per heavy atom. The van der Waals surface area contributed by atoms with Crippen molar-refractivity contribution in [3.05, 3.63) is 60.4 Å². The van der Waals surface area contributed by atoms with Gasteiger partial charge in [-0.1, -0.05) is 12.1 Å². The van der Waals surface area contributed by atoms with Gasteiger partial charge in [-0.25, -0.2) is 13.1 Å². The average Bonchev–Trinajstić information content (AvgIpc) is 3.43. The highest BCUT2D eigenvalue weighted by Crippen LogP contribution is 2.22. The molecule has 1 aliphatic rings. The standard InChI is InChI=1S/C19H20N6O3S/c26-19(13-15-3-7-17(8-4-15)25-14-20-22-23-25)21-16-5-9-18(10-6-16)29(27,28)24-11-1-2-12-24/h3-10,14H,1-2,11-13H2,(H,21,26). The molecule has 150 valence electrons. The van der Waals surface area contributed by atoms with E-state index >= 15 is 0 Å². The summed E-state index contributed by atoms with van der Waals surface area (Å²) in [6.45, 7) is 1.13. The van der Waals surface area contributed by atoms with Gasteiger partial charge in [-0.2, -0.15) is 4.31 Å². The van der Waals surface area contributed by atoms with E-state index in [9.17, 15) is 13.2 Å². The van der Waals surface area contributed by atoms with Gasteiger partial charge in [0, 0.05) is 18.8 Å². The molecule has 10 heteroatoms. The first-order valence-electron chi connectivity index (χ1n) is 9.25. The predicted octanol–water partition coefficient (Wildman–Crippen LogP) is 1.63. The fourth-order valence-electron chi connectivity index (χ4n) is 3.22. The minimum Gasteiger partial charge on any atom is -0.326 e. The lowest BCUT2D eigenvalue weighted by atomic mass is 10.1.